The van der Waals surface area contributed by atoms with E-state index in [0.717, 1.165) is 11.3 Å². The molecule has 0 fully saturated rings. The summed E-state index contributed by atoms with van der Waals surface area (Å²) in [6.07, 6.45) is 0.352. The molecule has 2 rings (SSSR count). The standard InChI is InChI=1S/C18H21NO2/c1-14-8-10-16(11-9-14)15(2)19-18(20)12-13-21-17-6-4-3-5-7-17/h3-11,15H,12-13H2,1-2H3,(H,19,20). The van der Waals surface area contributed by atoms with E-state index < -0.39 is 0 Å². The van der Waals surface area contributed by atoms with Crippen molar-refractivity contribution in [3.8, 4) is 5.75 Å². The van der Waals surface area contributed by atoms with Gasteiger partial charge in [0.1, 0.15) is 5.75 Å². The monoisotopic (exact) mass is 283 g/mol. The van der Waals surface area contributed by atoms with Crippen LogP contribution in [0.1, 0.15) is 30.5 Å². The molecule has 0 aliphatic heterocycles. The van der Waals surface area contributed by atoms with Gasteiger partial charge in [0.25, 0.3) is 0 Å². The normalized spacial score (nSPS) is 11.7. The lowest BCUT2D eigenvalue weighted by Gasteiger charge is -2.14. The molecule has 0 spiro atoms. The van der Waals surface area contributed by atoms with Crippen molar-refractivity contribution in [3.05, 3.63) is 65.7 Å². The van der Waals surface area contributed by atoms with Crippen LogP contribution in [0.15, 0.2) is 54.6 Å². The maximum atomic E-state index is 11.9. The highest BCUT2D eigenvalue weighted by Crippen LogP contribution is 2.13. The Balaban J connectivity index is 1.75. The molecule has 0 bridgehead atoms. The number of amides is 1. The van der Waals surface area contributed by atoms with Crippen LogP contribution in [-0.2, 0) is 4.79 Å². The van der Waals surface area contributed by atoms with Crippen molar-refractivity contribution < 1.29 is 9.53 Å². The zero-order valence-electron chi connectivity index (χ0n) is 12.5. The largest absolute Gasteiger partial charge is 0.493 e. The fourth-order valence-corrected chi connectivity index (χ4v) is 2.03. The predicted octanol–water partition coefficient (Wildman–Crippen LogP) is 3.64. The topological polar surface area (TPSA) is 38.3 Å². The molecule has 0 aromatic heterocycles. The van der Waals surface area contributed by atoms with Gasteiger partial charge in [0, 0.05) is 0 Å². The van der Waals surface area contributed by atoms with Crippen LogP contribution >= 0.6 is 0 Å². The minimum atomic E-state index is -0.000920. The third-order valence-corrected chi connectivity index (χ3v) is 3.30. The predicted molar refractivity (Wildman–Crippen MR) is 84.3 cm³/mol. The summed E-state index contributed by atoms with van der Waals surface area (Å²) in [6, 6.07) is 17.7. The molecule has 1 atom stereocenters. The van der Waals surface area contributed by atoms with E-state index in [0.29, 0.717) is 13.0 Å². The second-order valence-corrected chi connectivity index (χ2v) is 5.11. The van der Waals surface area contributed by atoms with E-state index in [9.17, 15) is 4.79 Å². The summed E-state index contributed by atoms with van der Waals surface area (Å²) in [7, 11) is 0. The van der Waals surface area contributed by atoms with Crippen molar-refractivity contribution in [2.45, 2.75) is 26.3 Å². The first-order valence-corrected chi connectivity index (χ1v) is 7.19. The lowest BCUT2D eigenvalue weighted by atomic mass is 10.1. The van der Waals surface area contributed by atoms with Gasteiger partial charge >= 0.3 is 0 Å². The summed E-state index contributed by atoms with van der Waals surface area (Å²) >= 11 is 0. The third kappa shape index (κ3) is 4.95. The second-order valence-electron chi connectivity index (χ2n) is 5.11. The molecule has 0 saturated heterocycles. The average Bonchev–Trinajstić information content (AvgIpc) is 2.49. The van der Waals surface area contributed by atoms with E-state index in [2.05, 4.69) is 17.4 Å². The van der Waals surface area contributed by atoms with E-state index in [4.69, 9.17) is 4.74 Å². The van der Waals surface area contributed by atoms with Crippen LogP contribution in [0.4, 0.5) is 0 Å². The van der Waals surface area contributed by atoms with Crippen molar-refractivity contribution in [3.63, 3.8) is 0 Å². The smallest absolute Gasteiger partial charge is 0.223 e. The minimum Gasteiger partial charge on any atom is -0.493 e. The summed E-state index contributed by atoms with van der Waals surface area (Å²) in [6.45, 7) is 4.42. The van der Waals surface area contributed by atoms with Crippen molar-refractivity contribution >= 4 is 5.91 Å². The van der Waals surface area contributed by atoms with E-state index in [1.54, 1.807) is 0 Å². The molecular weight excluding hydrogens is 262 g/mol. The highest BCUT2D eigenvalue weighted by Gasteiger charge is 2.09. The molecule has 1 N–H and O–H groups in total. The summed E-state index contributed by atoms with van der Waals surface area (Å²) < 4.78 is 5.52. The van der Waals surface area contributed by atoms with Gasteiger partial charge in [-0.15, -0.1) is 0 Å². The lowest BCUT2D eigenvalue weighted by Crippen LogP contribution is -2.27. The number of carbonyl (C=O) groups is 1. The van der Waals surface area contributed by atoms with Crippen molar-refractivity contribution in [1.29, 1.82) is 0 Å². The van der Waals surface area contributed by atoms with Crippen LogP contribution in [0.5, 0.6) is 5.75 Å². The Bertz CT molecular complexity index is 564. The third-order valence-electron chi connectivity index (χ3n) is 3.30. The molecular formula is C18H21NO2. The van der Waals surface area contributed by atoms with Gasteiger partial charge in [-0.3, -0.25) is 4.79 Å². The number of ether oxygens (including phenoxy) is 1. The molecule has 0 aliphatic rings. The molecule has 21 heavy (non-hydrogen) atoms. The summed E-state index contributed by atoms with van der Waals surface area (Å²) in [5, 5.41) is 2.98. The fraction of sp³-hybridized carbons (Fsp3) is 0.278. The number of rotatable bonds is 6. The highest BCUT2D eigenvalue weighted by molar-refractivity contribution is 5.76. The van der Waals surface area contributed by atoms with Gasteiger partial charge in [0.05, 0.1) is 19.1 Å². The minimum absolute atomic E-state index is 0.000920. The molecule has 3 heteroatoms. The zero-order valence-corrected chi connectivity index (χ0v) is 12.5. The molecule has 2 aromatic carbocycles. The fourth-order valence-electron chi connectivity index (χ4n) is 2.03. The molecule has 1 amide bonds. The SMILES string of the molecule is Cc1ccc(C(C)NC(=O)CCOc2ccccc2)cc1. The molecule has 0 radical (unpaired) electrons. The van der Waals surface area contributed by atoms with Gasteiger partial charge in [0.2, 0.25) is 5.91 Å². The number of carbonyl (C=O) groups excluding carboxylic acids is 1. The van der Waals surface area contributed by atoms with E-state index in [1.807, 2.05) is 56.3 Å². The van der Waals surface area contributed by atoms with Crippen LogP contribution < -0.4 is 10.1 Å². The highest BCUT2D eigenvalue weighted by atomic mass is 16.5. The first kappa shape index (κ1) is 15.1. The van der Waals surface area contributed by atoms with Gasteiger partial charge < -0.3 is 10.1 Å². The number of para-hydroxylation sites is 1. The number of hydrogen-bond acceptors (Lipinski definition) is 2. The van der Waals surface area contributed by atoms with Crippen molar-refractivity contribution in [2.75, 3.05) is 6.61 Å². The van der Waals surface area contributed by atoms with E-state index >= 15 is 0 Å². The Labute approximate surface area is 126 Å². The second kappa shape index (κ2) is 7.48. The molecule has 1 unspecified atom stereocenters. The average molecular weight is 283 g/mol. The number of aryl methyl sites for hydroxylation is 1. The maximum absolute atomic E-state index is 11.9. The summed E-state index contributed by atoms with van der Waals surface area (Å²) in [5.41, 5.74) is 2.33. The van der Waals surface area contributed by atoms with Crippen LogP contribution in [-0.4, -0.2) is 12.5 Å². The summed E-state index contributed by atoms with van der Waals surface area (Å²) in [5.74, 6) is 0.788. The van der Waals surface area contributed by atoms with Gasteiger partial charge in [-0.2, -0.15) is 0 Å². The van der Waals surface area contributed by atoms with Crippen LogP contribution in [0, 0.1) is 6.92 Å². The van der Waals surface area contributed by atoms with Gasteiger partial charge in [-0.25, -0.2) is 0 Å². The van der Waals surface area contributed by atoms with E-state index in [-0.39, 0.29) is 11.9 Å². The van der Waals surface area contributed by atoms with Gasteiger partial charge in [-0.05, 0) is 31.5 Å². The van der Waals surface area contributed by atoms with Crippen LogP contribution in [0.3, 0.4) is 0 Å². The quantitative estimate of drug-likeness (QED) is 0.879. The Hall–Kier alpha value is -2.29. The van der Waals surface area contributed by atoms with E-state index in [1.165, 1.54) is 5.56 Å². The Morgan fingerprint density at radius 3 is 2.43 bits per heavy atom. The van der Waals surface area contributed by atoms with Crippen LogP contribution in [0.2, 0.25) is 0 Å². The Morgan fingerprint density at radius 1 is 1.10 bits per heavy atom. The summed E-state index contributed by atoms with van der Waals surface area (Å²) in [4.78, 5) is 11.9. The first-order valence-electron chi connectivity index (χ1n) is 7.19. The molecule has 110 valence electrons. The first-order chi connectivity index (χ1) is 10.1. The molecule has 0 aliphatic carbocycles. The maximum Gasteiger partial charge on any atom is 0.223 e. The van der Waals surface area contributed by atoms with Crippen LogP contribution in [0.25, 0.3) is 0 Å². The zero-order chi connectivity index (χ0) is 15.1. The molecule has 2 aromatic rings. The molecule has 3 nitrogen and oxygen atoms in total. The molecule has 0 saturated carbocycles. The lowest BCUT2D eigenvalue weighted by molar-refractivity contribution is -0.122. The van der Waals surface area contributed by atoms with Gasteiger partial charge in [0.15, 0.2) is 0 Å². The van der Waals surface area contributed by atoms with Crippen molar-refractivity contribution in [1.82, 2.24) is 5.32 Å². The van der Waals surface area contributed by atoms with Crippen molar-refractivity contribution in [2.24, 2.45) is 0 Å². The number of hydrogen-bond donors (Lipinski definition) is 1. The van der Waals surface area contributed by atoms with Gasteiger partial charge in [-0.1, -0.05) is 48.0 Å². The Morgan fingerprint density at radius 2 is 1.76 bits per heavy atom. The Kier molecular flexibility index (Phi) is 5.38. The molecule has 0 heterocycles. The number of nitrogens with one attached hydrogen (secondary N) is 1. The number of benzene rings is 2.